The van der Waals surface area contributed by atoms with Crippen LogP contribution in [0.2, 0.25) is 0 Å². The van der Waals surface area contributed by atoms with Crippen LogP contribution in [0.5, 0.6) is 0 Å². The van der Waals surface area contributed by atoms with Gasteiger partial charge in [0.2, 0.25) is 5.91 Å². The van der Waals surface area contributed by atoms with Crippen molar-refractivity contribution in [3.8, 4) is 0 Å². The van der Waals surface area contributed by atoms with Gasteiger partial charge in [-0.2, -0.15) is 0 Å². The monoisotopic (exact) mass is 226 g/mol. The number of nitrogens with zero attached hydrogens (tertiary/aromatic N) is 1. The SMILES string of the molecule is CC(C)CC(C)N1C(=O)C(C(C)C)NC1C. The largest absolute Gasteiger partial charge is 0.323 e. The zero-order valence-corrected chi connectivity index (χ0v) is 11.4. The summed E-state index contributed by atoms with van der Waals surface area (Å²) in [6, 6.07) is 0.336. The maximum atomic E-state index is 12.2. The number of carbonyl (C=O) groups excluding carboxylic acids is 1. The highest BCUT2D eigenvalue weighted by molar-refractivity contribution is 5.84. The summed E-state index contributed by atoms with van der Waals surface area (Å²) in [4.78, 5) is 14.3. The van der Waals surface area contributed by atoms with Gasteiger partial charge in [0.25, 0.3) is 0 Å². The van der Waals surface area contributed by atoms with Crippen molar-refractivity contribution in [3.05, 3.63) is 0 Å². The minimum absolute atomic E-state index is 0.00427. The molecule has 0 saturated carbocycles. The quantitative estimate of drug-likeness (QED) is 0.797. The molecule has 0 aromatic carbocycles. The summed E-state index contributed by atoms with van der Waals surface area (Å²) in [5, 5.41) is 3.38. The molecule has 1 aliphatic rings. The molecule has 0 aliphatic carbocycles. The van der Waals surface area contributed by atoms with Gasteiger partial charge < -0.3 is 4.90 Å². The lowest BCUT2D eigenvalue weighted by atomic mass is 10.0. The Morgan fingerprint density at radius 1 is 1.25 bits per heavy atom. The van der Waals surface area contributed by atoms with Gasteiger partial charge in [0.15, 0.2) is 0 Å². The molecule has 0 aromatic heterocycles. The molecule has 0 aromatic rings. The van der Waals surface area contributed by atoms with E-state index in [1.165, 1.54) is 0 Å². The van der Waals surface area contributed by atoms with Crippen LogP contribution in [0, 0.1) is 11.8 Å². The van der Waals surface area contributed by atoms with E-state index in [9.17, 15) is 4.79 Å². The maximum Gasteiger partial charge on any atom is 0.241 e. The first-order chi connectivity index (χ1) is 7.34. The lowest BCUT2D eigenvalue weighted by Crippen LogP contribution is -2.42. The van der Waals surface area contributed by atoms with Gasteiger partial charge in [-0.3, -0.25) is 10.1 Å². The minimum atomic E-state index is 0.00427. The van der Waals surface area contributed by atoms with Crippen LogP contribution >= 0.6 is 0 Å². The van der Waals surface area contributed by atoms with E-state index in [0.717, 1.165) is 6.42 Å². The van der Waals surface area contributed by atoms with Gasteiger partial charge in [0.1, 0.15) is 0 Å². The molecule has 3 nitrogen and oxygen atoms in total. The highest BCUT2D eigenvalue weighted by Gasteiger charge is 2.40. The molecule has 1 aliphatic heterocycles. The Bertz CT molecular complexity index is 250. The van der Waals surface area contributed by atoms with Crippen LogP contribution in [0.15, 0.2) is 0 Å². The highest BCUT2D eigenvalue weighted by atomic mass is 16.2. The van der Waals surface area contributed by atoms with Gasteiger partial charge in [0, 0.05) is 6.04 Å². The second-order valence-corrected chi connectivity index (χ2v) is 5.79. The molecular formula is C13H26N2O. The number of rotatable bonds is 4. The molecule has 1 saturated heterocycles. The summed E-state index contributed by atoms with van der Waals surface area (Å²) >= 11 is 0. The van der Waals surface area contributed by atoms with Crippen LogP contribution in [-0.4, -0.2) is 29.1 Å². The molecule has 3 heteroatoms. The maximum absolute atomic E-state index is 12.2. The molecule has 94 valence electrons. The Labute approximate surface area is 99.6 Å². The van der Waals surface area contributed by atoms with E-state index in [2.05, 4.69) is 46.9 Å². The Morgan fingerprint density at radius 3 is 2.19 bits per heavy atom. The summed E-state index contributed by atoms with van der Waals surface area (Å²) in [6.45, 7) is 12.8. The van der Waals surface area contributed by atoms with Gasteiger partial charge in [-0.25, -0.2) is 0 Å². The van der Waals surface area contributed by atoms with E-state index in [-0.39, 0.29) is 18.1 Å². The topological polar surface area (TPSA) is 32.3 Å². The van der Waals surface area contributed by atoms with Gasteiger partial charge >= 0.3 is 0 Å². The van der Waals surface area contributed by atoms with Crippen molar-refractivity contribution in [3.63, 3.8) is 0 Å². The summed E-state index contributed by atoms with van der Waals surface area (Å²) < 4.78 is 0. The molecule has 1 amide bonds. The molecule has 1 rings (SSSR count). The molecule has 3 unspecified atom stereocenters. The van der Waals surface area contributed by atoms with Crippen molar-refractivity contribution in [2.24, 2.45) is 11.8 Å². The van der Waals surface area contributed by atoms with E-state index in [0.29, 0.717) is 17.9 Å². The van der Waals surface area contributed by atoms with E-state index in [1.54, 1.807) is 0 Å². The first-order valence-corrected chi connectivity index (χ1v) is 6.42. The Hall–Kier alpha value is -0.570. The van der Waals surface area contributed by atoms with Crippen LogP contribution in [-0.2, 0) is 4.79 Å². The minimum Gasteiger partial charge on any atom is -0.323 e. The Balaban J connectivity index is 2.70. The average Bonchev–Trinajstić information content (AvgIpc) is 2.40. The zero-order valence-electron chi connectivity index (χ0n) is 11.4. The van der Waals surface area contributed by atoms with Crippen molar-refractivity contribution in [2.45, 2.75) is 66.2 Å². The molecule has 3 atom stereocenters. The normalized spacial score (nSPS) is 28.2. The van der Waals surface area contributed by atoms with Crippen molar-refractivity contribution < 1.29 is 4.79 Å². The smallest absolute Gasteiger partial charge is 0.241 e. The average molecular weight is 226 g/mol. The lowest BCUT2D eigenvalue weighted by molar-refractivity contribution is -0.132. The molecule has 1 fully saturated rings. The van der Waals surface area contributed by atoms with Crippen molar-refractivity contribution in [1.29, 1.82) is 0 Å². The molecule has 0 spiro atoms. The number of nitrogens with one attached hydrogen (secondary N) is 1. The number of amides is 1. The van der Waals surface area contributed by atoms with Crippen molar-refractivity contribution in [2.75, 3.05) is 0 Å². The van der Waals surface area contributed by atoms with E-state index >= 15 is 0 Å². The van der Waals surface area contributed by atoms with Crippen LogP contribution in [0.1, 0.15) is 48.0 Å². The predicted octanol–water partition coefficient (Wildman–Crippen LogP) is 2.22. The zero-order chi connectivity index (χ0) is 12.5. The molecule has 0 radical (unpaired) electrons. The van der Waals surface area contributed by atoms with Crippen molar-refractivity contribution >= 4 is 5.91 Å². The van der Waals surface area contributed by atoms with E-state index < -0.39 is 0 Å². The second kappa shape index (κ2) is 5.17. The summed E-state index contributed by atoms with van der Waals surface area (Å²) in [5.41, 5.74) is 0. The fraction of sp³-hybridized carbons (Fsp3) is 0.923. The number of hydrogen-bond donors (Lipinski definition) is 1. The predicted molar refractivity (Wildman–Crippen MR) is 67.0 cm³/mol. The van der Waals surface area contributed by atoms with Crippen LogP contribution in [0.25, 0.3) is 0 Å². The van der Waals surface area contributed by atoms with E-state index in [4.69, 9.17) is 0 Å². The van der Waals surface area contributed by atoms with Crippen molar-refractivity contribution in [1.82, 2.24) is 10.2 Å². The van der Waals surface area contributed by atoms with Gasteiger partial charge in [-0.15, -0.1) is 0 Å². The molecule has 0 bridgehead atoms. The highest BCUT2D eigenvalue weighted by Crippen LogP contribution is 2.22. The fourth-order valence-electron chi connectivity index (χ4n) is 2.64. The molecule has 16 heavy (non-hydrogen) atoms. The van der Waals surface area contributed by atoms with Gasteiger partial charge in [-0.05, 0) is 32.1 Å². The van der Waals surface area contributed by atoms with Gasteiger partial charge in [0.05, 0.1) is 12.2 Å². The summed E-state index contributed by atoms with van der Waals surface area (Å²) in [7, 11) is 0. The fourth-order valence-corrected chi connectivity index (χ4v) is 2.64. The van der Waals surface area contributed by atoms with Crippen LogP contribution in [0.4, 0.5) is 0 Å². The molecular weight excluding hydrogens is 200 g/mol. The lowest BCUT2D eigenvalue weighted by Gasteiger charge is -2.29. The molecule has 1 N–H and O–H groups in total. The Morgan fingerprint density at radius 2 is 1.81 bits per heavy atom. The molecule has 1 heterocycles. The van der Waals surface area contributed by atoms with E-state index in [1.807, 2.05) is 4.90 Å². The number of carbonyl (C=O) groups is 1. The summed E-state index contributed by atoms with van der Waals surface area (Å²) in [5.74, 6) is 1.27. The standard InChI is InChI=1S/C13H26N2O/c1-8(2)7-10(5)15-11(6)14-12(9(3)4)13(15)16/h8-12,14H,7H2,1-6H3. The third-order valence-electron chi connectivity index (χ3n) is 3.31. The van der Waals surface area contributed by atoms with Gasteiger partial charge in [-0.1, -0.05) is 27.7 Å². The Kier molecular flexibility index (Phi) is 4.36. The van der Waals surface area contributed by atoms with Crippen LogP contribution in [0.3, 0.4) is 0 Å². The third-order valence-corrected chi connectivity index (χ3v) is 3.31. The first-order valence-electron chi connectivity index (χ1n) is 6.42. The third kappa shape index (κ3) is 2.76. The first kappa shape index (κ1) is 13.5. The summed E-state index contributed by atoms with van der Waals surface area (Å²) in [6.07, 6.45) is 1.25. The van der Waals surface area contributed by atoms with Crippen LogP contribution < -0.4 is 5.32 Å². The second-order valence-electron chi connectivity index (χ2n) is 5.79. The number of hydrogen-bond acceptors (Lipinski definition) is 2.